The molecule has 2 aromatic rings. The summed E-state index contributed by atoms with van der Waals surface area (Å²) >= 11 is 0. The second-order valence-corrected chi connectivity index (χ2v) is 3.82. The summed E-state index contributed by atoms with van der Waals surface area (Å²) in [6.07, 6.45) is -3.31. The molecule has 0 aliphatic heterocycles. The number of carbonyl (C=O) groups excluding carboxylic acids is 1. The fourth-order valence-corrected chi connectivity index (χ4v) is 1.62. The highest BCUT2D eigenvalue weighted by Crippen LogP contribution is 2.31. The number of halogens is 3. The maximum atomic E-state index is 12.5. The Morgan fingerprint density at radius 1 is 1.40 bits per heavy atom. The van der Waals surface area contributed by atoms with Gasteiger partial charge in [-0.1, -0.05) is 6.07 Å². The maximum absolute atomic E-state index is 12.5. The van der Waals surface area contributed by atoms with Gasteiger partial charge in [0.2, 0.25) is 0 Å². The van der Waals surface area contributed by atoms with Gasteiger partial charge in [0.05, 0.1) is 17.3 Å². The van der Waals surface area contributed by atoms with Crippen molar-refractivity contribution in [2.75, 3.05) is 0 Å². The van der Waals surface area contributed by atoms with Crippen molar-refractivity contribution < 1.29 is 23.1 Å². The molecule has 2 rings (SSSR count). The SMILES string of the molecule is NNC(=O)c1cccc(O)c1-n1cc(C(F)(F)F)cn1. The molecule has 1 aromatic heterocycles. The summed E-state index contributed by atoms with van der Waals surface area (Å²) in [7, 11) is 0. The molecule has 0 aliphatic rings. The fraction of sp³-hybridized carbons (Fsp3) is 0.0909. The topological polar surface area (TPSA) is 93.2 Å². The average Bonchev–Trinajstić information content (AvgIpc) is 2.86. The molecule has 0 bridgehead atoms. The van der Waals surface area contributed by atoms with Gasteiger partial charge in [0.25, 0.3) is 5.91 Å². The Morgan fingerprint density at radius 3 is 2.65 bits per heavy atom. The van der Waals surface area contributed by atoms with Crippen LogP contribution in [-0.2, 0) is 6.18 Å². The quantitative estimate of drug-likeness (QED) is 0.439. The Bertz CT molecular complexity index is 651. The van der Waals surface area contributed by atoms with Crippen molar-refractivity contribution in [2.45, 2.75) is 6.18 Å². The zero-order chi connectivity index (χ0) is 14.9. The molecule has 0 saturated heterocycles. The number of phenols is 1. The molecule has 0 spiro atoms. The first kappa shape index (κ1) is 13.9. The summed E-state index contributed by atoms with van der Waals surface area (Å²) in [4.78, 5) is 11.6. The highest BCUT2D eigenvalue weighted by molar-refractivity contribution is 5.98. The minimum Gasteiger partial charge on any atom is -0.506 e. The Labute approximate surface area is 110 Å². The van der Waals surface area contributed by atoms with E-state index in [2.05, 4.69) is 5.10 Å². The zero-order valence-electron chi connectivity index (χ0n) is 9.85. The maximum Gasteiger partial charge on any atom is 0.419 e. The summed E-state index contributed by atoms with van der Waals surface area (Å²) in [6, 6.07) is 3.88. The van der Waals surface area contributed by atoms with Crippen LogP contribution in [0.5, 0.6) is 5.75 Å². The molecule has 0 unspecified atom stereocenters. The lowest BCUT2D eigenvalue weighted by Gasteiger charge is -2.10. The first-order chi connectivity index (χ1) is 9.34. The average molecular weight is 286 g/mol. The standard InChI is InChI=1S/C11H9F3N4O2/c12-11(13,14)6-4-16-18(5-6)9-7(10(20)17-15)2-1-3-8(9)19/h1-5,19H,15H2,(H,17,20). The van der Waals surface area contributed by atoms with Crippen molar-refractivity contribution in [1.29, 1.82) is 0 Å². The van der Waals surface area contributed by atoms with Crippen molar-refractivity contribution in [3.8, 4) is 11.4 Å². The van der Waals surface area contributed by atoms with Gasteiger partial charge in [-0.15, -0.1) is 0 Å². The van der Waals surface area contributed by atoms with Gasteiger partial charge in [0, 0.05) is 6.20 Å². The van der Waals surface area contributed by atoms with Crippen LogP contribution >= 0.6 is 0 Å². The molecule has 0 aliphatic carbocycles. The number of nitrogen functional groups attached to an aromatic ring is 1. The molecule has 1 aromatic carbocycles. The van der Waals surface area contributed by atoms with Crippen LogP contribution < -0.4 is 11.3 Å². The summed E-state index contributed by atoms with van der Waals surface area (Å²) < 4.78 is 38.3. The second-order valence-electron chi connectivity index (χ2n) is 3.82. The van der Waals surface area contributed by atoms with Gasteiger partial charge in [-0.05, 0) is 12.1 Å². The van der Waals surface area contributed by atoms with Crippen LogP contribution in [-0.4, -0.2) is 20.8 Å². The largest absolute Gasteiger partial charge is 0.506 e. The van der Waals surface area contributed by atoms with Crippen LogP contribution in [0, 0.1) is 0 Å². The summed E-state index contributed by atoms with van der Waals surface area (Å²) in [6.45, 7) is 0. The molecular weight excluding hydrogens is 277 g/mol. The molecule has 9 heteroatoms. The van der Waals surface area contributed by atoms with Gasteiger partial charge in [-0.2, -0.15) is 18.3 Å². The van der Waals surface area contributed by atoms with E-state index in [9.17, 15) is 23.1 Å². The van der Waals surface area contributed by atoms with Crippen LogP contribution in [0.25, 0.3) is 5.69 Å². The van der Waals surface area contributed by atoms with Crippen molar-refractivity contribution in [3.05, 3.63) is 41.7 Å². The Hall–Kier alpha value is -2.55. The van der Waals surface area contributed by atoms with Crippen molar-refractivity contribution >= 4 is 5.91 Å². The van der Waals surface area contributed by atoms with Gasteiger partial charge in [0.15, 0.2) is 0 Å². The molecule has 6 nitrogen and oxygen atoms in total. The summed E-state index contributed by atoms with van der Waals surface area (Å²) in [5.74, 6) is 3.82. The Kier molecular flexibility index (Phi) is 3.36. The van der Waals surface area contributed by atoms with E-state index < -0.39 is 23.4 Å². The molecule has 0 atom stereocenters. The third-order valence-electron chi connectivity index (χ3n) is 2.53. The first-order valence-corrected chi connectivity index (χ1v) is 5.29. The van der Waals surface area contributed by atoms with Crippen LogP contribution in [0.4, 0.5) is 13.2 Å². The van der Waals surface area contributed by atoms with Gasteiger partial charge in [-0.25, -0.2) is 10.5 Å². The molecule has 20 heavy (non-hydrogen) atoms. The number of benzene rings is 1. The number of aromatic hydroxyl groups is 1. The third kappa shape index (κ3) is 2.43. The van der Waals surface area contributed by atoms with E-state index in [4.69, 9.17) is 5.84 Å². The predicted molar refractivity (Wildman–Crippen MR) is 61.9 cm³/mol. The molecule has 1 heterocycles. The molecule has 0 radical (unpaired) electrons. The minimum atomic E-state index is -4.57. The molecule has 106 valence electrons. The van der Waals surface area contributed by atoms with Crippen LogP contribution in [0.1, 0.15) is 15.9 Å². The normalized spacial score (nSPS) is 11.4. The van der Waals surface area contributed by atoms with Gasteiger partial charge < -0.3 is 5.11 Å². The second kappa shape index (κ2) is 4.85. The Balaban J connectivity index is 2.58. The van der Waals surface area contributed by atoms with E-state index in [1.807, 2.05) is 5.43 Å². The third-order valence-corrected chi connectivity index (χ3v) is 2.53. The number of rotatable bonds is 2. The predicted octanol–water partition coefficient (Wildman–Crippen LogP) is 1.20. The number of nitrogens with two attached hydrogens (primary N) is 1. The first-order valence-electron chi connectivity index (χ1n) is 5.29. The number of nitrogens with one attached hydrogen (secondary N) is 1. The number of hydrogen-bond donors (Lipinski definition) is 3. The van der Waals surface area contributed by atoms with E-state index in [0.717, 1.165) is 4.68 Å². The molecular formula is C11H9F3N4O2. The van der Waals surface area contributed by atoms with Crippen LogP contribution in [0.15, 0.2) is 30.6 Å². The molecule has 4 N–H and O–H groups in total. The van der Waals surface area contributed by atoms with Gasteiger partial charge in [0.1, 0.15) is 11.4 Å². The molecule has 0 saturated carbocycles. The van der Waals surface area contributed by atoms with E-state index in [1.165, 1.54) is 18.2 Å². The minimum absolute atomic E-state index is 0.107. The lowest BCUT2D eigenvalue weighted by Crippen LogP contribution is -2.31. The number of amides is 1. The zero-order valence-corrected chi connectivity index (χ0v) is 9.85. The van der Waals surface area contributed by atoms with Gasteiger partial charge in [-0.3, -0.25) is 10.2 Å². The molecule has 1 amide bonds. The highest BCUT2D eigenvalue weighted by Gasteiger charge is 2.32. The summed E-state index contributed by atoms with van der Waals surface area (Å²) in [5, 5.41) is 13.2. The lowest BCUT2D eigenvalue weighted by atomic mass is 10.1. The number of hydrogen-bond acceptors (Lipinski definition) is 4. The highest BCUT2D eigenvalue weighted by atomic mass is 19.4. The number of phenolic OH excluding ortho intramolecular Hbond substituents is 1. The number of aromatic nitrogens is 2. The Morgan fingerprint density at radius 2 is 2.10 bits per heavy atom. The van der Waals surface area contributed by atoms with Crippen molar-refractivity contribution in [1.82, 2.24) is 15.2 Å². The van der Waals surface area contributed by atoms with E-state index in [0.29, 0.717) is 12.4 Å². The number of alkyl halides is 3. The van der Waals surface area contributed by atoms with E-state index in [-0.39, 0.29) is 11.3 Å². The number of nitrogens with zero attached hydrogens (tertiary/aromatic N) is 2. The number of hydrazine groups is 1. The van der Waals surface area contributed by atoms with Crippen molar-refractivity contribution in [3.63, 3.8) is 0 Å². The van der Waals surface area contributed by atoms with E-state index >= 15 is 0 Å². The van der Waals surface area contributed by atoms with Crippen LogP contribution in [0.3, 0.4) is 0 Å². The number of carbonyl (C=O) groups is 1. The van der Waals surface area contributed by atoms with Crippen molar-refractivity contribution in [2.24, 2.45) is 5.84 Å². The number of para-hydroxylation sites is 1. The lowest BCUT2D eigenvalue weighted by molar-refractivity contribution is -0.137. The monoisotopic (exact) mass is 286 g/mol. The molecule has 0 fully saturated rings. The fourth-order valence-electron chi connectivity index (χ4n) is 1.62. The van der Waals surface area contributed by atoms with Gasteiger partial charge >= 0.3 is 6.18 Å². The summed E-state index contributed by atoms with van der Waals surface area (Å²) in [5.41, 5.74) is 0.546. The smallest absolute Gasteiger partial charge is 0.419 e. The van der Waals surface area contributed by atoms with E-state index in [1.54, 1.807) is 0 Å². The van der Waals surface area contributed by atoms with Crippen LogP contribution in [0.2, 0.25) is 0 Å².